The summed E-state index contributed by atoms with van der Waals surface area (Å²) in [5.74, 6) is -1.08. The van der Waals surface area contributed by atoms with Crippen molar-refractivity contribution in [3.63, 3.8) is 0 Å². The molecule has 1 N–H and O–H groups in total. The third kappa shape index (κ3) is 1.79. The first-order valence-electron chi connectivity index (χ1n) is 4.63. The van der Waals surface area contributed by atoms with E-state index >= 15 is 0 Å². The van der Waals surface area contributed by atoms with Crippen molar-refractivity contribution in [3.05, 3.63) is 47.0 Å². The molecule has 16 heavy (non-hydrogen) atoms. The minimum Gasteiger partial charge on any atom is -0.475 e. The van der Waals surface area contributed by atoms with Gasteiger partial charge in [-0.15, -0.1) is 0 Å². The van der Waals surface area contributed by atoms with Gasteiger partial charge in [-0.05, 0) is 25.1 Å². The molecule has 0 unspecified atom stereocenters. The second kappa shape index (κ2) is 3.98. The molecule has 0 aliphatic heterocycles. The lowest BCUT2D eigenvalue weighted by molar-refractivity contribution is 0.0681. The summed E-state index contributed by atoms with van der Waals surface area (Å²) in [5, 5.41) is 9.55. The summed E-state index contributed by atoms with van der Waals surface area (Å²) in [6, 6.07) is 6.98. The maximum atomic E-state index is 11.0. The van der Waals surface area contributed by atoms with E-state index in [4.69, 9.17) is 16.7 Å². The van der Waals surface area contributed by atoms with Gasteiger partial charge in [0.2, 0.25) is 5.82 Å². The molecule has 1 aromatic heterocycles. The van der Waals surface area contributed by atoms with Crippen molar-refractivity contribution in [3.8, 4) is 5.69 Å². The van der Waals surface area contributed by atoms with E-state index in [0.717, 1.165) is 5.69 Å². The van der Waals surface area contributed by atoms with Gasteiger partial charge in [0.05, 0.1) is 0 Å². The number of hydrogen-bond acceptors (Lipinski definition) is 2. The van der Waals surface area contributed by atoms with Crippen LogP contribution < -0.4 is 0 Å². The Bertz CT molecular complexity index is 549. The molecule has 2 rings (SSSR count). The van der Waals surface area contributed by atoms with Crippen LogP contribution in [0, 0.1) is 6.92 Å². The maximum absolute atomic E-state index is 11.0. The second-order valence-corrected chi connectivity index (χ2v) is 3.78. The van der Waals surface area contributed by atoms with Crippen molar-refractivity contribution in [2.75, 3.05) is 0 Å². The number of aromatic nitrogens is 2. The molecular weight excluding hydrogens is 228 g/mol. The van der Waals surface area contributed by atoms with Crippen molar-refractivity contribution in [1.82, 2.24) is 9.55 Å². The van der Waals surface area contributed by atoms with E-state index in [2.05, 4.69) is 4.98 Å². The average molecular weight is 237 g/mol. The zero-order chi connectivity index (χ0) is 11.7. The SMILES string of the molecule is Cc1cnc(C(=O)O)n1-c1cccc(Cl)c1. The first-order chi connectivity index (χ1) is 7.59. The number of hydrogen-bond donors (Lipinski definition) is 1. The van der Waals surface area contributed by atoms with Gasteiger partial charge in [0.25, 0.3) is 0 Å². The van der Waals surface area contributed by atoms with Gasteiger partial charge in [-0.2, -0.15) is 0 Å². The third-order valence-corrected chi connectivity index (χ3v) is 2.43. The van der Waals surface area contributed by atoms with Crippen LogP contribution in [-0.2, 0) is 0 Å². The van der Waals surface area contributed by atoms with Crippen molar-refractivity contribution in [2.45, 2.75) is 6.92 Å². The smallest absolute Gasteiger partial charge is 0.372 e. The number of halogens is 1. The lowest BCUT2D eigenvalue weighted by atomic mass is 10.3. The highest BCUT2D eigenvalue weighted by atomic mass is 35.5. The fraction of sp³-hybridized carbons (Fsp3) is 0.0909. The van der Waals surface area contributed by atoms with E-state index < -0.39 is 5.97 Å². The van der Waals surface area contributed by atoms with E-state index in [1.807, 2.05) is 0 Å². The zero-order valence-electron chi connectivity index (χ0n) is 8.51. The molecule has 0 aliphatic rings. The summed E-state index contributed by atoms with van der Waals surface area (Å²) in [4.78, 5) is 14.8. The van der Waals surface area contributed by atoms with Crippen LogP contribution >= 0.6 is 11.6 Å². The van der Waals surface area contributed by atoms with Crippen molar-refractivity contribution >= 4 is 17.6 Å². The molecule has 0 fully saturated rings. The predicted molar refractivity (Wildman–Crippen MR) is 60.3 cm³/mol. The number of nitrogens with zero attached hydrogens (tertiary/aromatic N) is 2. The Morgan fingerprint density at radius 2 is 2.25 bits per heavy atom. The van der Waals surface area contributed by atoms with E-state index in [9.17, 15) is 4.79 Å². The highest BCUT2D eigenvalue weighted by Crippen LogP contribution is 2.18. The summed E-state index contributed by atoms with van der Waals surface area (Å²) < 4.78 is 1.55. The summed E-state index contributed by atoms with van der Waals surface area (Å²) in [6.07, 6.45) is 1.52. The largest absolute Gasteiger partial charge is 0.475 e. The highest BCUT2D eigenvalue weighted by molar-refractivity contribution is 6.30. The van der Waals surface area contributed by atoms with Gasteiger partial charge in [0.1, 0.15) is 0 Å². The molecule has 82 valence electrons. The first-order valence-corrected chi connectivity index (χ1v) is 5.01. The Morgan fingerprint density at radius 3 is 2.88 bits per heavy atom. The molecule has 0 atom stereocenters. The predicted octanol–water partition coefficient (Wildman–Crippen LogP) is 2.53. The van der Waals surface area contributed by atoms with Crippen LogP contribution in [0.1, 0.15) is 16.3 Å². The van der Waals surface area contributed by atoms with Gasteiger partial charge in [0, 0.05) is 22.6 Å². The number of aryl methyl sites for hydroxylation is 1. The second-order valence-electron chi connectivity index (χ2n) is 3.34. The third-order valence-electron chi connectivity index (χ3n) is 2.20. The van der Waals surface area contributed by atoms with Gasteiger partial charge in [0.15, 0.2) is 0 Å². The van der Waals surface area contributed by atoms with Crippen LogP contribution in [0.25, 0.3) is 5.69 Å². The van der Waals surface area contributed by atoms with Crippen LogP contribution in [0.2, 0.25) is 5.02 Å². The lowest BCUT2D eigenvalue weighted by Gasteiger charge is -2.07. The van der Waals surface area contributed by atoms with Crippen molar-refractivity contribution < 1.29 is 9.90 Å². The van der Waals surface area contributed by atoms with Gasteiger partial charge < -0.3 is 5.11 Å². The minimum atomic E-state index is -1.06. The molecule has 0 aliphatic carbocycles. The number of rotatable bonds is 2. The van der Waals surface area contributed by atoms with Gasteiger partial charge in [-0.25, -0.2) is 9.78 Å². The minimum absolute atomic E-state index is 0.0141. The van der Waals surface area contributed by atoms with Crippen LogP contribution in [0.3, 0.4) is 0 Å². The molecule has 5 heteroatoms. The van der Waals surface area contributed by atoms with Crippen LogP contribution in [0.4, 0.5) is 0 Å². The number of aromatic carboxylic acids is 1. The van der Waals surface area contributed by atoms with E-state index in [1.165, 1.54) is 6.20 Å². The zero-order valence-corrected chi connectivity index (χ0v) is 9.27. The molecule has 1 heterocycles. The normalized spacial score (nSPS) is 10.4. The highest BCUT2D eigenvalue weighted by Gasteiger charge is 2.15. The molecule has 0 saturated carbocycles. The Morgan fingerprint density at radius 1 is 1.50 bits per heavy atom. The summed E-state index contributed by atoms with van der Waals surface area (Å²) in [7, 11) is 0. The van der Waals surface area contributed by atoms with Gasteiger partial charge >= 0.3 is 5.97 Å². The monoisotopic (exact) mass is 236 g/mol. The topological polar surface area (TPSA) is 55.1 Å². The molecule has 2 aromatic rings. The Hall–Kier alpha value is -1.81. The molecule has 0 amide bonds. The van der Waals surface area contributed by atoms with E-state index in [0.29, 0.717) is 10.7 Å². The lowest BCUT2D eigenvalue weighted by Crippen LogP contribution is -2.09. The fourth-order valence-electron chi connectivity index (χ4n) is 1.53. The average Bonchev–Trinajstić information content (AvgIpc) is 2.60. The Labute approximate surface area is 97.1 Å². The molecule has 4 nitrogen and oxygen atoms in total. The number of benzene rings is 1. The Kier molecular flexibility index (Phi) is 2.66. The molecule has 0 bridgehead atoms. The van der Waals surface area contributed by atoms with E-state index in [1.54, 1.807) is 35.8 Å². The van der Waals surface area contributed by atoms with Crippen molar-refractivity contribution in [2.24, 2.45) is 0 Å². The van der Waals surface area contributed by atoms with E-state index in [-0.39, 0.29) is 5.82 Å². The number of carbonyl (C=O) groups is 1. The quantitative estimate of drug-likeness (QED) is 0.872. The number of imidazole rings is 1. The Balaban J connectivity index is 2.63. The number of carboxylic acid groups (broad SMARTS) is 1. The standard InChI is InChI=1S/C11H9ClN2O2/c1-7-6-13-10(11(15)16)14(7)9-4-2-3-8(12)5-9/h2-6H,1H3,(H,15,16). The molecule has 0 spiro atoms. The van der Waals surface area contributed by atoms with Crippen LogP contribution in [-0.4, -0.2) is 20.6 Å². The molecule has 1 aromatic carbocycles. The fourth-order valence-corrected chi connectivity index (χ4v) is 1.71. The molecule has 0 radical (unpaired) electrons. The number of carboxylic acids is 1. The van der Waals surface area contributed by atoms with Gasteiger partial charge in [-0.1, -0.05) is 17.7 Å². The maximum Gasteiger partial charge on any atom is 0.372 e. The molecular formula is C11H9ClN2O2. The first kappa shape index (κ1) is 10.7. The van der Waals surface area contributed by atoms with Gasteiger partial charge in [-0.3, -0.25) is 4.57 Å². The van der Waals surface area contributed by atoms with Crippen molar-refractivity contribution in [1.29, 1.82) is 0 Å². The molecule has 0 saturated heterocycles. The summed E-state index contributed by atoms with van der Waals surface area (Å²) in [6.45, 7) is 1.79. The summed E-state index contributed by atoms with van der Waals surface area (Å²) in [5.41, 5.74) is 1.44. The van der Waals surface area contributed by atoms with Crippen LogP contribution in [0.15, 0.2) is 30.5 Å². The summed E-state index contributed by atoms with van der Waals surface area (Å²) >= 11 is 5.86. The van der Waals surface area contributed by atoms with Crippen LogP contribution in [0.5, 0.6) is 0 Å².